The first-order chi connectivity index (χ1) is 11.1. The molecule has 1 aliphatic heterocycles. The summed E-state index contributed by atoms with van der Waals surface area (Å²) in [6, 6.07) is 9.36. The molecular formula is C18H20ClN3O. The van der Waals surface area contributed by atoms with Gasteiger partial charge in [-0.1, -0.05) is 11.6 Å². The molecule has 0 atom stereocenters. The highest BCUT2D eigenvalue weighted by Gasteiger charge is 2.18. The number of hydrogen-bond acceptors (Lipinski definition) is 3. The molecule has 0 spiro atoms. The zero-order valence-corrected chi connectivity index (χ0v) is 13.9. The van der Waals surface area contributed by atoms with Crippen molar-refractivity contribution in [1.82, 2.24) is 9.88 Å². The maximum Gasteiger partial charge on any atom is 0.272 e. The van der Waals surface area contributed by atoms with E-state index in [9.17, 15) is 4.79 Å². The summed E-state index contributed by atoms with van der Waals surface area (Å²) in [5.41, 5.74) is 3.40. The number of halogens is 1. The minimum atomic E-state index is 0.0268. The summed E-state index contributed by atoms with van der Waals surface area (Å²) < 4.78 is 0. The fourth-order valence-corrected chi connectivity index (χ4v) is 3.00. The number of piperidine rings is 1. The average molecular weight is 330 g/mol. The van der Waals surface area contributed by atoms with Gasteiger partial charge >= 0.3 is 0 Å². The van der Waals surface area contributed by atoms with Gasteiger partial charge in [0.05, 0.1) is 11.9 Å². The van der Waals surface area contributed by atoms with Crippen molar-refractivity contribution in [2.75, 3.05) is 18.4 Å². The second-order valence-corrected chi connectivity index (χ2v) is 6.31. The maximum absolute atomic E-state index is 12.4. The normalized spacial score (nSPS) is 14.6. The Hall–Kier alpha value is -2.07. The second-order valence-electron chi connectivity index (χ2n) is 5.87. The Labute approximate surface area is 141 Å². The number of amides is 1. The van der Waals surface area contributed by atoms with Crippen LogP contribution in [-0.4, -0.2) is 28.9 Å². The number of rotatable bonds is 3. The van der Waals surface area contributed by atoms with Crippen LogP contribution in [0.2, 0.25) is 5.02 Å². The predicted molar refractivity (Wildman–Crippen MR) is 93.5 cm³/mol. The fraction of sp³-hybridized carbons (Fsp3) is 0.333. The van der Waals surface area contributed by atoms with Crippen LogP contribution in [0.4, 0.5) is 11.4 Å². The van der Waals surface area contributed by atoms with Crippen molar-refractivity contribution in [2.45, 2.75) is 26.2 Å². The lowest BCUT2D eigenvalue weighted by atomic mass is 10.1. The van der Waals surface area contributed by atoms with Crippen LogP contribution in [-0.2, 0) is 0 Å². The molecule has 3 rings (SSSR count). The van der Waals surface area contributed by atoms with Crippen molar-refractivity contribution < 1.29 is 4.79 Å². The molecule has 0 radical (unpaired) electrons. The Kier molecular flexibility index (Phi) is 4.82. The van der Waals surface area contributed by atoms with Crippen LogP contribution < -0.4 is 5.32 Å². The SMILES string of the molecule is Cc1cc(Cl)ccc1Nc1ccc(C(=O)N2CCCCC2)nc1. The van der Waals surface area contributed by atoms with Crippen LogP contribution in [0, 0.1) is 6.92 Å². The van der Waals surface area contributed by atoms with Crippen molar-refractivity contribution in [3.8, 4) is 0 Å². The van der Waals surface area contributed by atoms with E-state index in [1.54, 1.807) is 12.3 Å². The maximum atomic E-state index is 12.4. The van der Waals surface area contributed by atoms with Gasteiger partial charge in [-0.25, -0.2) is 4.98 Å². The minimum Gasteiger partial charge on any atom is -0.354 e. The van der Waals surface area contributed by atoms with Crippen LogP contribution in [0.15, 0.2) is 36.5 Å². The fourth-order valence-electron chi connectivity index (χ4n) is 2.78. The molecule has 5 heteroatoms. The molecule has 4 nitrogen and oxygen atoms in total. The number of pyridine rings is 1. The summed E-state index contributed by atoms with van der Waals surface area (Å²) in [7, 11) is 0. The highest BCUT2D eigenvalue weighted by atomic mass is 35.5. The van der Waals surface area contributed by atoms with Gasteiger partial charge in [0, 0.05) is 23.8 Å². The third-order valence-corrected chi connectivity index (χ3v) is 4.33. The average Bonchev–Trinajstić information content (AvgIpc) is 2.58. The van der Waals surface area contributed by atoms with Gasteiger partial charge in [-0.15, -0.1) is 0 Å². The number of carbonyl (C=O) groups is 1. The smallest absolute Gasteiger partial charge is 0.272 e. The van der Waals surface area contributed by atoms with E-state index >= 15 is 0 Å². The van der Waals surface area contributed by atoms with E-state index in [4.69, 9.17) is 11.6 Å². The molecule has 2 heterocycles. The molecule has 1 saturated heterocycles. The summed E-state index contributed by atoms with van der Waals surface area (Å²) in [6.45, 7) is 3.67. The topological polar surface area (TPSA) is 45.2 Å². The van der Waals surface area contributed by atoms with Gasteiger partial charge in [0.2, 0.25) is 0 Å². The lowest BCUT2D eigenvalue weighted by molar-refractivity contribution is 0.0718. The molecular weight excluding hydrogens is 310 g/mol. The third kappa shape index (κ3) is 3.82. The summed E-state index contributed by atoms with van der Waals surface area (Å²) in [4.78, 5) is 18.6. The van der Waals surface area contributed by atoms with Crippen LogP contribution in [0.1, 0.15) is 35.3 Å². The summed E-state index contributed by atoms with van der Waals surface area (Å²) in [5.74, 6) is 0.0268. The molecule has 0 aliphatic carbocycles. The number of likely N-dealkylation sites (tertiary alicyclic amines) is 1. The lowest BCUT2D eigenvalue weighted by Crippen LogP contribution is -2.36. The number of carbonyl (C=O) groups excluding carboxylic acids is 1. The Morgan fingerprint density at radius 1 is 1.17 bits per heavy atom. The Morgan fingerprint density at radius 2 is 1.96 bits per heavy atom. The molecule has 0 unspecified atom stereocenters. The monoisotopic (exact) mass is 329 g/mol. The van der Waals surface area contributed by atoms with Crippen molar-refractivity contribution in [3.63, 3.8) is 0 Å². The van der Waals surface area contributed by atoms with Crippen molar-refractivity contribution in [2.24, 2.45) is 0 Å². The van der Waals surface area contributed by atoms with E-state index in [2.05, 4.69) is 10.3 Å². The van der Waals surface area contributed by atoms with Crippen molar-refractivity contribution in [3.05, 3.63) is 52.8 Å². The van der Waals surface area contributed by atoms with Gasteiger partial charge in [0.1, 0.15) is 5.69 Å². The number of hydrogen-bond donors (Lipinski definition) is 1. The molecule has 2 aromatic rings. The molecule has 1 fully saturated rings. The van der Waals surface area contributed by atoms with Crippen molar-refractivity contribution in [1.29, 1.82) is 0 Å². The Balaban J connectivity index is 1.70. The zero-order valence-electron chi connectivity index (χ0n) is 13.2. The summed E-state index contributed by atoms with van der Waals surface area (Å²) in [5, 5.41) is 4.02. The predicted octanol–water partition coefficient (Wildman–Crippen LogP) is 4.41. The van der Waals surface area contributed by atoms with Crippen LogP contribution in [0.5, 0.6) is 0 Å². The van der Waals surface area contributed by atoms with E-state index in [0.29, 0.717) is 10.7 Å². The summed E-state index contributed by atoms with van der Waals surface area (Å²) >= 11 is 5.97. The Bertz CT molecular complexity index is 694. The van der Waals surface area contributed by atoms with Crippen LogP contribution >= 0.6 is 11.6 Å². The molecule has 1 aromatic carbocycles. The molecule has 1 aliphatic rings. The van der Waals surface area contributed by atoms with Gasteiger partial charge in [-0.05, 0) is 62.1 Å². The molecule has 1 N–H and O–H groups in total. The summed E-state index contributed by atoms with van der Waals surface area (Å²) in [6.07, 6.45) is 5.08. The van der Waals surface area contributed by atoms with Crippen LogP contribution in [0.3, 0.4) is 0 Å². The number of anilines is 2. The highest BCUT2D eigenvalue weighted by molar-refractivity contribution is 6.30. The first kappa shape index (κ1) is 15.8. The standard InChI is InChI=1S/C18H20ClN3O/c1-13-11-14(19)5-7-16(13)21-15-6-8-17(20-12-15)18(23)22-9-3-2-4-10-22/h5-8,11-12,21H,2-4,9-10H2,1H3. The molecule has 0 saturated carbocycles. The van der Waals surface area contributed by atoms with E-state index < -0.39 is 0 Å². The Morgan fingerprint density at radius 3 is 2.61 bits per heavy atom. The second kappa shape index (κ2) is 7.01. The van der Waals surface area contributed by atoms with Gasteiger partial charge < -0.3 is 10.2 Å². The number of aromatic nitrogens is 1. The van der Waals surface area contributed by atoms with Gasteiger partial charge in [-0.3, -0.25) is 4.79 Å². The zero-order chi connectivity index (χ0) is 16.2. The number of aryl methyl sites for hydroxylation is 1. The molecule has 1 aromatic heterocycles. The van der Waals surface area contributed by atoms with E-state index in [1.807, 2.05) is 36.1 Å². The van der Waals surface area contributed by atoms with E-state index in [0.717, 1.165) is 42.9 Å². The first-order valence-corrected chi connectivity index (χ1v) is 8.30. The molecule has 120 valence electrons. The first-order valence-electron chi connectivity index (χ1n) is 7.92. The number of benzene rings is 1. The van der Waals surface area contributed by atoms with Gasteiger partial charge in [0.25, 0.3) is 5.91 Å². The molecule has 1 amide bonds. The minimum absolute atomic E-state index is 0.0268. The van der Waals surface area contributed by atoms with Crippen LogP contribution in [0.25, 0.3) is 0 Å². The highest BCUT2D eigenvalue weighted by Crippen LogP contribution is 2.23. The largest absolute Gasteiger partial charge is 0.354 e. The van der Waals surface area contributed by atoms with Gasteiger partial charge in [0.15, 0.2) is 0 Å². The van der Waals surface area contributed by atoms with E-state index in [1.165, 1.54) is 6.42 Å². The van der Waals surface area contributed by atoms with E-state index in [-0.39, 0.29) is 5.91 Å². The number of nitrogens with one attached hydrogen (secondary N) is 1. The molecule has 23 heavy (non-hydrogen) atoms. The quantitative estimate of drug-likeness (QED) is 0.907. The number of nitrogens with zero attached hydrogens (tertiary/aromatic N) is 2. The third-order valence-electron chi connectivity index (χ3n) is 4.09. The van der Waals surface area contributed by atoms with Crippen molar-refractivity contribution >= 4 is 28.9 Å². The molecule has 0 bridgehead atoms. The lowest BCUT2D eigenvalue weighted by Gasteiger charge is -2.26. The van der Waals surface area contributed by atoms with Gasteiger partial charge in [-0.2, -0.15) is 0 Å².